The standard InChI is InChI=1S/C19H17NO3.Na.H/c21-19(22)15-8-10-16(11-9-15)20-12-13-23-18-7-3-5-14-4-1-2-6-17(14)18;;/h1-11,20H,12-13H2,(H,21,22);;/q;+1;-1. The summed E-state index contributed by atoms with van der Waals surface area (Å²) in [7, 11) is 0. The van der Waals surface area contributed by atoms with E-state index in [1.165, 1.54) is 0 Å². The SMILES string of the molecule is O=C(O)c1ccc(NCCOc2cccc3ccccc23)cc1.[H-].[Na+]. The van der Waals surface area contributed by atoms with Crippen LogP contribution >= 0.6 is 0 Å². The fraction of sp³-hybridized carbons (Fsp3) is 0.105. The van der Waals surface area contributed by atoms with Crippen LogP contribution < -0.4 is 39.6 Å². The fourth-order valence-electron chi connectivity index (χ4n) is 2.41. The maximum absolute atomic E-state index is 10.8. The summed E-state index contributed by atoms with van der Waals surface area (Å²) < 4.78 is 5.85. The van der Waals surface area contributed by atoms with Gasteiger partial charge >= 0.3 is 35.5 Å². The van der Waals surface area contributed by atoms with Crippen LogP contribution in [0.1, 0.15) is 11.8 Å². The second kappa shape index (κ2) is 8.73. The Kier molecular flexibility index (Phi) is 6.67. The van der Waals surface area contributed by atoms with Crippen molar-refractivity contribution in [1.82, 2.24) is 0 Å². The average Bonchev–Trinajstić information content (AvgIpc) is 2.59. The van der Waals surface area contributed by atoms with Gasteiger partial charge in [-0.25, -0.2) is 4.79 Å². The Balaban J connectivity index is 0.00000156. The van der Waals surface area contributed by atoms with Crippen LogP contribution in [0.25, 0.3) is 10.8 Å². The molecule has 3 aromatic rings. The Morgan fingerprint density at radius 1 is 1.00 bits per heavy atom. The first-order chi connectivity index (χ1) is 11.2. The van der Waals surface area contributed by atoms with Crippen LogP contribution in [0, 0.1) is 0 Å². The molecule has 24 heavy (non-hydrogen) atoms. The van der Waals surface area contributed by atoms with Crippen LogP contribution in [0.15, 0.2) is 66.7 Å². The Morgan fingerprint density at radius 2 is 1.71 bits per heavy atom. The van der Waals surface area contributed by atoms with Gasteiger partial charge < -0.3 is 16.6 Å². The monoisotopic (exact) mass is 331 g/mol. The van der Waals surface area contributed by atoms with Gasteiger partial charge in [-0.2, -0.15) is 0 Å². The number of anilines is 1. The molecule has 0 aromatic heterocycles. The van der Waals surface area contributed by atoms with E-state index in [9.17, 15) is 4.79 Å². The topological polar surface area (TPSA) is 58.6 Å². The minimum Gasteiger partial charge on any atom is -1.00 e. The number of hydrogen-bond donors (Lipinski definition) is 2. The molecule has 0 aliphatic rings. The first-order valence-electron chi connectivity index (χ1n) is 7.42. The Labute approximate surface area is 164 Å². The van der Waals surface area contributed by atoms with Gasteiger partial charge in [-0.05, 0) is 35.7 Å². The molecule has 118 valence electrons. The number of carboxylic acids is 1. The predicted molar refractivity (Wildman–Crippen MR) is 92.4 cm³/mol. The van der Waals surface area contributed by atoms with E-state index in [1.807, 2.05) is 30.3 Å². The molecule has 0 saturated heterocycles. The van der Waals surface area contributed by atoms with Crippen LogP contribution in [0.4, 0.5) is 5.69 Å². The van der Waals surface area contributed by atoms with Crippen molar-refractivity contribution in [2.24, 2.45) is 0 Å². The average molecular weight is 331 g/mol. The number of aromatic carboxylic acids is 1. The maximum Gasteiger partial charge on any atom is 1.00 e. The van der Waals surface area contributed by atoms with Gasteiger partial charge in [0.25, 0.3) is 0 Å². The molecule has 0 aliphatic carbocycles. The first-order valence-corrected chi connectivity index (χ1v) is 7.42. The Morgan fingerprint density at radius 3 is 2.46 bits per heavy atom. The van der Waals surface area contributed by atoms with E-state index in [-0.39, 0.29) is 36.5 Å². The summed E-state index contributed by atoms with van der Waals surface area (Å²) in [5, 5.41) is 14.3. The molecule has 5 heteroatoms. The number of fused-ring (bicyclic) bond motifs is 1. The number of hydrogen-bond acceptors (Lipinski definition) is 3. The van der Waals surface area contributed by atoms with Crippen LogP contribution in [0.5, 0.6) is 5.75 Å². The summed E-state index contributed by atoms with van der Waals surface area (Å²) in [5.41, 5.74) is 1.15. The zero-order valence-corrected chi connectivity index (χ0v) is 15.5. The van der Waals surface area contributed by atoms with E-state index in [2.05, 4.69) is 17.4 Å². The third-order valence-electron chi connectivity index (χ3n) is 3.57. The molecule has 0 saturated carbocycles. The largest absolute Gasteiger partial charge is 1.00 e. The van der Waals surface area contributed by atoms with Crippen LogP contribution in [-0.2, 0) is 0 Å². The van der Waals surface area contributed by atoms with Gasteiger partial charge in [0.05, 0.1) is 5.56 Å². The number of carboxylic acid groups (broad SMARTS) is 1. The van der Waals surface area contributed by atoms with Crippen molar-refractivity contribution in [3.8, 4) is 5.75 Å². The third kappa shape index (κ3) is 4.51. The molecule has 3 rings (SSSR count). The molecule has 0 unspecified atom stereocenters. The van der Waals surface area contributed by atoms with Crippen molar-refractivity contribution in [3.05, 3.63) is 72.3 Å². The van der Waals surface area contributed by atoms with E-state index in [0.717, 1.165) is 22.2 Å². The van der Waals surface area contributed by atoms with Gasteiger partial charge in [0.15, 0.2) is 0 Å². The second-order valence-corrected chi connectivity index (χ2v) is 5.14. The molecule has 2 N–H and O–H groups in total. The van der Waals surface area contributed by atoms with Gasteiger partial charge in [0, 0.05) is 17.6 Å². The number of benzene rings is 3. The van der Waals surface area contributed by atoms with Crippen LogP contribution in [0.2, 0.25) is 0 Å². The van der Waals surface area contributed by atoms with Crippen molar-refractivity contribution < 1.29 is 45.6 Å². The first kappa shape index (κ1) is 18.3. The minimum atomic E-state index is -0.921. The van der Waals surface area contributed by atoms with E-state index >= 15 is 0 Å². The van der Waals surface area contributed by atoms with Crippen molar-refractivity contribution in [3.63, 3.8) is 0 Å². The molecule has 0 amide bonds. The van der Waals surface area contributed by atoms with Crippen molar-refractivity contribution in [2.75, 3.05) is 18.5 Å². The van der Waals surface area contributed by atoms with Gasteiger partial charge in [0.2, 0.25) is 0 Å². The summed E-state index contributed by atoms with van der Waals surface area (Å²) in [4.78, 5) is 10.8. The van der Waals surface area contributed by atoms with Crippen LogP contribution in [-0.4, -0.2) is 24.2 Å². The Bertz CT molecular complexity index is 819. The molecular formula is C19H18NNaO3. The van der Waals surface area contributed by atoms with E-state index in [0.29, 0.717) is 13.2 Å². The third-order valence-corrected chi connectivity index (χ3v) is 3.57. The summed E-state index contributed by atoms with van der Waals surface area (Å²) >= 11 is 0. The Hall–Kier alpha value is -2.01. The van der Waals surface area contributed by atoms with Gasteiger partial charge in [-0.1, -0.05) is 36.4 Å². The molecule has 0 radical (unpaired) electrons. The van der Waals surface area contributed by atoms with Crippen molar-refractivity contribution >= 4 is 22.4 Å². The number of nitrogens with one attached hydrogen (secondary N) is 1. The van der Waals surface area contributed by atoms with Gasteiger partial charge in [-0.15, -0.1) is 0 Å². The summed E-state index contributed by atoms with van der Waals surface area (Å²) in [6.07, 6.45) is 0. The molecule has 0 spiro atoms. The van der Waals surface area contributed by atoms with Gasteiger partial charge in [-0.3, -0.25) is 0 Å². The summed E-state index contributed by atoms with van der Waals surface area (Å²) in [6, 6.07) is 20.8. The number of ether oxygens (including phenoxy) is 1. The van der Waals surface area contributed by atoms with E-state index in [1.54, 1.807) is 24.3 Å². The molecule has 4 nitrogen and oxygen atoms in total. The summed E-state index contributed by atoms with van der Waals surface area (Å²) in [5.74, 6) is -0.0537. The zero-order chi connectivity index (χ0) is 16.1. The van der Waals surface area contributed by atoms with E-state index in [4.69, 9.17) is 9.84 Å². The zero-order valence-electron chi connectivity index (χ0n) is 14.5. The van der Waals surface area contributed by atoms with Crippen molar-refractivity contribution in [2.45, 2.75) is 0 Å². The molecule has 0 bridgehead atoms. The summed E-state index contributed by atoms with van der Waals surface area (Å²) in [6.45, 7) is 1.16. The molecular weight excluding hydrogens is 313 g/mol. The predicted octanol–water partition coefficient (Wildman–Crippen LogP) is 1.15. The molecule has 0 atom stereocenters. The molecule has 3 aromatic carbocycles. The number of carbonyl (C=O) groups is 1. The van der Waals surface area contributed by atoms with Gasteiger partial charge in [0.1, 0.15) is 12.4 Å². The van der Waals surface area contributed by atoms with Crippen molar-refractivity contribution in [1.29, 1.82) is 0 Å². The van der Waals surface area contributed by atoms with Crippen LogP contribution in [0.3, 0.4) is 0 Å². The molecule has 0 fully saturated rings. The molecule has 0 aliphatic heterocycles. The minimum absolute atomic E-state index is 0. The maximum atomic E-state index is 10.8. The quantitative estimate of drug-likeness (QED) is 0.525. The normalized spacial score (nSPS) is 10.0. The van der Waals surface area contributed by atoms with E-state index < -0.39 is 5.97 Å². The number of rotatable bonds is 6. The molecule has 0 heterocycles. The smallest absolute Gasteiger partial charge is 1.00 e. The fourth-order valence-corrected chi connectivity index (χ4v) is 2.41. The second-order valence-electron chi connectivity index (χ2n) is 5.14.